The fourth-order valence-electron chi connectivity index (χ4n) is 3.36. The Kier molecular flexibility index (Phi) is 7.57. The molecule has 174 valence electrons. The van der Waals surface area contributed by atoms with Crippen LogP contribution in [0.15, 0.2) is 63.5 Å². The van der Waals surface area contributed by atoms with Gasteiger partial charge >= 0.3 is 0 Å². The second-order valence-electron chi connectivity index (χ2n) is 7.78. The van der Waals surface area contributed by atoms with Gasteiger partial charge < -0.3 is 9.73 Å². The van der Waals surface area contributed by atoms with Crippen LogP contribution in [0.25, 0.3) is 22.6 Å². The van der Waals surface area contributed by atoms with Crippen molar-refractivity contribution in [1.29, 1.82) is 0 Å². The van der Waals surface area contributed by atoms with E-state index in [0.717, 1.165) is 22.0 Å². The number of halogens is 3. The van der Waals surface area contributed by atoms with Crippen LogP contribution in [-0.4, -0.2) is 16.0 Å². The highest BCUT2D eigenvalue weighted by Gasteiger charge is 2.15. The summed E-state index contributed by atoms with van der Waals surface area (Å²) >= 11 is 21.1. The standard InChI is InChI=1S/C25H20BrCl2N3O2S/c1-3-13(2)14-5-9-22-21(10-14)29-24(33-22)15-4-7-19(28)20(11-15)30-25(34)31-23(32)17-12-16(26)6-8-18(17)27/h4-13H,3H2,1-2H3,(H2,30,31,32,34)/t13-/m1/s1. The maximum Gasteiger partial charge on any atom is 0.258 e. The van der Waals surface area contributed by atoms with Crippen molar-refractivity contribution in [2.24, 2.45) is 0 Å². The van der Waals surface area contributed by atoms with Gasteiger partial charge in [-0.05, 0) is 78.7 Å². The Bertz CT molecular complexity index is 1410. The largest absolute Gasteiger partial charge is 0.436 e. The lowest BCUT2D eigenvalue weighted by atomic mass is 9.98. The smallest absolute Gasteiger partial charge is 0.258 e. The average molecular weight is 577 g/mol. The zero-order valence-corrected chi connectivity index (χ0v) is 22.2. The summed E-state index contributed by atoms with van der Waals surface area (Å²) in [5.41, 5.74) is 4.25. The molecule has 0 fully saturated rings. The van der Waals surface area contributed by atoms with Crippen molar-refractivity contribution >= 4 is 79.2 Å². The van der Waals surface area contributed by atoms with E-state index in [2.05, 4.69) is 57.5 Å². The molecule has 3 aromatic carbocycles. The summed E-state index contributed by atoms with van der Waals surface area (Å²) in [6.45, 7) is 4.34. The van der Waals surface area contributed by atoms with Crippen LogP contribution >= 0.6 is 51.3 Å². The van der Waals surface area contributed by atoms with Gasteiger partial charge in [0.25, 0.3) is 5.91 Å². The number of carbonyl (C=O) groups is 1. The van der Waals surface area contributed by atoms with Gasteiger partial charge in [-0.3, -0.25) is 10.1 Å². The monoisotopic (exact) mass is 575 g/mol. The van der Waals surface area contributed by atoms with Crippen LogP contribution in [0.1, 0.15) is 42.1 Å². The van der Waals surface area contributed by atoms with E-state index in [1.807, 2.05) is 12.1 Å². The minimum atomic E-state index is -0.438. The molecule has 9 heteroatoms. The number of oxazole rings is 1. The zero-order chi connectivity index (χ0) is 24.4. The van der Waals surface area contributed by atoms with E-state index >= 15 is 0 Å². The van der Waals surface area contributed by atoms with E-state index < -0.39 is 5.91 Å². The van der Waals surface area contributed by atoms with Crippen molar-refractivity contribution in [3.8, 4) is 11.5 Å². The SMILES string of the molecule is CC[C@@H](C)c1ccc2oc(-c3ccc(Cl)c(NC(=S)NC(=O)c4cc(Br)ccc4Cl)c3)nc2c1. The lowest BCUT2D eigenvalue weighted by Crippen LogP contribution is -2.34. The molecule has 1 atom stereocenters. The molecular weight excluding hydrogens is 557 g/mol. The van der Waals surface area contributed by atoms with E-state index in [-0.39, 0.29) is 5.11 Å². The molecule has 34 heavy (non-hydrogen) atoms. The number of carbonyl (C=O) groups excluding carboxylic acids is 1. The molecule has 0 unspecified atom stereocenters. The number of aromatic nitrogens is 1. The van der Waals surface area contributed by atoms with Gasteiger partial charge in [-0.25, -0.2) is 4.98 Å². The highest BCUT2D eigenvalue weighted by Crippen LogP contribution is 2.32. The van der Waals surface area contributed by atoms with Crippen LogP contribution in [0.2, 0.25) is 10.0 Å². The van der Waals surface area contributed by atoms with E-state index in [4.69, 9.17) is 39.8 Å². The third-order valence-electron chi connectivity index (χ3n) is 5.45. The van der Waals surface area contributed by atoms with Crippen molar-refractivity contribution in [3.05, 3.63) is 80.2 Å². The van der Waals surface area contributed by atoms with Gasteiger partial charge in [0.05, 0.1) is 21.3 Å². The van der Waals surface area contributed by atoms with Crippen molar-refractivity contribution < 1.29 is 9.21 Å². The molecule has 0 aliphatic heterocycles. The molecule has 4 aromatic rings. The van der Waals surface area contributed by atoms with Gasteiger partial charge in [-0.15, -0.1) is 0 Å². The van der Waals surface area contributed by atoms with Gasteiger partial charge in [0, 0.05) is 10.0 Å². The third-order valence-corrected chi connectivity index (χ3v) is 6.81. The summed E-state index contributed by atoms with van der Waals surface area (Å²) in [6.07, 6.45) is 1.05. The van der Waals surface area contributed by atoms with Crippen molar-refractivity contribution in [1.82, 2.24) is 10.3 Å². The Balaban J connectivity index is 1.54. The number of nitrogens with zero attached hydrogens (tertiary/aromatic N) is 1. The fraction of sp³-hybridized carbons (Fsp3) is 0.160. The first kappa shape index (κ1) is 24.7. The molecular formula is C25H20BrCl2N3O2S. The Morgan fingerprint density at radius 2 is 1.88 bits per heavy atom. The predicted molar refractivity (Wildman–Crippen MR) is 146 cm³/mol. The molecule has 2 N–H and O–H groups in total. The van der Waals surface area contributed by atoms with Crippen molar-refractivity contribution in [3.63, 3.8) is 0 Å². The second-order valence-corrected chi connectivity index (χ2v) is 9.92. The van der Waals surface area contributed by atoms with E-state index in [9.17, 15) is 4.79 Å². The van der Waals surface area contributed by atoms with Crippen LogP contribution in [0.5, 0.6) is 0 Å². The maximum absolute atomic E-state index is 12.6. The first-order valence-corrected chi connectivity index (χ1v) is 12.5. The number of hydrogen-bond donors (Lipinski definition) is 2. The number of benzene rings is 3. The Hall–Kier alpha value is -2.45. The summed E-state index contributed by atoms with van der Waals surface area (Å²) in [4.78, 5) is 17.2. The summed E-state index contributed by atoms with van der Waals surface area (Å²) in [6, 6.07) is 16.4. The number of hydrogen-bond acceptors (Lipinski definition) is 4. The minimum absolute atomic E-state index is 0.0795. The van der Waals surface area contributed by atoms with Gasteiger partial charge in [0.2, 0.25) is 5.89 Å². The van der Waals surface area contributed by atoms with Crippen LogP contribution in [0, 0.1) is 0 Å². The first-order valence-electron chi connectivity index (χ1n) is 10.5. The Labute approximate surface area is 221 Å². The average Bonchev–Trinajstić information content (AvgIpc) is 3.24. The van der Waals surface area contributed by atoms with Crippen LogP contribution in [0.3, 0.4) is 0 Å². The van der Waals surface area contributed by atoms with Crippen LogP contribution < -0.4 is 10.6 Å². The zero-order valence-electron chi connectivity index (χ0n) is 18.3. The van der Waals surface area contributed by atoms with Gasteiger partial charge in [0.1, 0.15) is 5.52 Å². The summed E-state index contributed by atoms with van der Waals surface area (Å²) in [5.74, 6) is 0.470. The first-order chi connectivity index (χ1) is 16.2. The van der Waals surface area contributed by atoms with Crippen LogP contribution in [0.4, 0.5) is 5.69 Å². The molecule has 1 heterocycles. The van der Waals surface area contributed by atoms with E-state index in [0.29, 0.717) is 38.7 Å². The van der Waals surface area contributed by atoms with E-state index in [1.165, 1.54) is 5.56 Å². The number of thiocarbonyl (C=S) groups is 1. The number of nitrogens with one attached hydrogen (secondary N) is 2. The number of anilines is 1. The molecule has 0 aliphatic carbocycles. The molecule has 4 rings (SSSR count). The molecule has 1 aromatic heterocycles. The second kappa shape index (κ2) is 10.4. The third kappa shape index (κ3) is 5.44. The normalized spacial score (nSPS) is 11.9. The molecule has 5 nitrogen and oxygen atoms in total. The molecule has 0 aliphatic rings. The lowest BCUT2D eigenvalue weighted by Gasteiger charge is -2.12. The number of amides is 1. The summed E-state index contributed by atoms with van der Waals surface area (Å²) in [5, 5.41) is 6.41. The van der Waals surface area contributed by atoms with Crippen molar-refractivity contribution in [2.75, 3.05) is 5.32 Å². The van der Waals surface area contributed by atoms with Gasteiger partial charge in [0.15, 0.2) is 10.7 Å². The topological polar surface area (TPSA) is 67.2 Å². The Morgan fingerprint density at radius 1 is 1.12 bits per heavy atom. The molecule has 0 spiro atoms. The maximum atomic E-state index is 12.6. The van der Waals surface area contributed by atoms with E-state index in [1.54, 1.807) is 30.3 Å². The quantitative estimate of drug-likeness (QED) is 0.234. The molecule has 0 radical (unpaired) electrons. The minimum Gasteiger partial charge on any atom is -0.436 e. The lowest BCUT2D eigenvalue weighted by molar-refractivity contribution is 0.0978. The molecule has 0 saturated carbocycles. The number of fused-ring (bicyclic) bond motifs is 1. The predicted octanol–water partition coefficient (Wildman–Crippen LogP) is 8.20. The molecule has 1 amide bonds. The highest BCUT2D eigenvalue weighted by molar-refractivity contribution is 9.10. The summed E-state index contributed by atoms with van der Waals surface area (Å²) in [7, 11) is 0. The highest BCUT2D eigenvalue weighted by atomic mass is 79.9. The van der Waals surface area contributed by atoms with Gasteiger partial charge in [-0.1, -0.05) is 59.0 Å². The van der Waals surface area contributed by atoms with Crippen molar-refractivity contribution in [2.45, 2.75) is 26.2 Å². The molecule has 0 bridgehead atoms. The van der Waals surface area contributed by atoms with Gasteiger partial charge in [-0.2, -0.15) is 0 Å². The summed E-state index contributed by atoms with van der Waals surface area (Å²) < 4.78 is 6.69. The van der Waals surface area contributed by atoms with Crippen LogP contribution in [-0.2, 0) is 0 Å². The Morgan fingerprint density at radius 3 is 2.65 bits per heavy atom. The fourth-order valence-corrected chi connectivity index (χ4v) is 4.29. The number of rotatable bonds is 5. The molecule has 0 saturated heterocycles.